The molecule has 0 N–H and O–H groups in total. The van der Waals surface area contributed by atoms with Gasteiger partial charge in [-0.1, -0.05) is 208 Å². The van der Waals surface area contributed by atoms with E-state index < -0.39 is 6.10 Å². The molecule has 366 valence electrons. The molecule has 0 saturated heterocycles. The van der Waals surface area contributed by atoms with Crippen LogP contribution in [-0.2, 0) is 23.8 Å². The van der Waals surface area contributed by atoms with Crippen molar-refractivity contribution in [2.24, 2.45) is 0 Å². The average Bonchev–Trinajstić information content (AvgIpc) is 3.30. The van der Waals surface area contributed by atoms with E-state index in [0.29, 0.717) is 19.4 Å². The van der Waals surface area contributed by atoms with Crippen LogP contribution in [0.4, 0.5) is 0 Å². The van der Waals surface area contributed by atoms with Crippen LogP contribution >= 0.6 is 0 Å². The van der Waals surface area contributed by atoms with Crippen molar-refractivity contribution < 1.29 is 23.8 Å². The fraction of sp³-hybridized carbons (Fsp3) is 0.695. The molecule has 64 heavy (non-hydrogen) atoms. The van der Waals surface area contributed by atoms with Crippen LogP contribution < -0.4 is 0 Å². The summed E-state index contributed by atoms with van der Waals surface area (Å²) in [5, 5.41) is 0. The van der Waals surface area contributed by atoms with E-state index in [-0.39, 0.29) is 25.2 Å². The SMILES string of the molecule is CC/C=C\C/C=C\C/C=C\C/C=C\CCCCCOCC(COC(=O)CCCCCCCCC/C=C\CCCCCCCC)OC(=O)CCCCCCC/C=C\C/C=C\C/C=C\CC. The number of unbranched alkanes of at least 4 members (excludes halogenated alkanes) is 21. The molecule has 1 atom stereocenters. The van der Waals surface area contributed by atoms with E-state index in [2.05, 4.69) is 118 Å². The Kier molecular flexibility index (Phi) is 51.5. The second-order valence-corrected chi connectivity index (χ2v) is 17.4. The summed E-state index contributed by atoms with van der Waals surface area (Å²) in [5.74, 6) is -0.441. The maximum Gasteiger partial charge on any atom is 0.306 e. The molecule has 0 aromatic rings. The number of carbonyl (C=O) groups is 2. The van der Waals surface area contributed by atoms with E-state index in [1.54, 1.807) is 0 Å². The molecule has 0 fully saturated rings. The number of allylic oxidation sites excluding steroid dienone is 16. The molecule has 5 nitrogen and oxygen atoms in total. The van der Waals surface area contributed by atoms with E-state index >= 15 is 0 Å². The van der Waals surface area contributed by atoms with Crippen LogP contribution in [0.2, 0.25) is 0 Å². The van der Waals surface area contributed by atoms with E-state index in [1.165, 1.54) is 89.9 Å². The molecule has 0 amide bonds. The van der Waals surface area contributed by atoms with Gasteiger partial charge >= 0.3 is 11.9 Å². The van der Waals surface area contributed by atoms with Crippen LogP contribution in [0.3, 0.4) is 0 Å². The monoisotopic (exact) mass is 889 g/mol. The first kappa shape index (κ1) is 60.8. The van der Waals surface area contributed by atoms with Gasteiger partial charge < -0.3 is 14.2 Å². The highest BCUT2D eigenvalue weighted by molar-refractivity contribution is 5.70. The lowest BCUT2D eigenvalue weighted by Crippen LogP contribution is -2.30. The molecule has 0 radical (unpaired) electrons. The molecule has 0 saturated carbocycles. The van der Waals surface area contributed by atoms with Gasteiger partial charge in [0.15, 0.2) is 6.10 Å². The highest BCUT2D eigenvalue weighted by Gasteiger charge is 2.17. The van der Waals surface area contributed by atoms with Crippen LogP contribution in [0, 0.1) is 0 Å². The Morgan fingerprint density at radius 1 is 0.359 bits per heavy atom. The number of hydrogen-bond acceptors (Lipinski definition) is 5. The van der Waals surface area contributed by atoms with Gasteiger partial charge in [-0.25, -0.2) is 0 Å². The smallest absolute Gasteiger partial charge is 0.306 e. The van der Waals surface area contributed by atoms with Crippen LogP contribution in [-0.4, -0.2) is 37.9 Å². The second-order valence-electron chi connectivity index (χ2n) is 17.4. The summed E-state index contributed by atoms with van der Waals surface area (Å²) in [7, 11) is 0. The zero-order valence-electron chi connectivity index (χ0n) is 42.0. The highest BCUT2D eigenvalue weighted by Crippen LogP contribution is 2.13. The number of carbonyl (C=O) groups excluding carboxylic acids is 2. The minimum atomic E-state index is -0.569. The summed E-state index contributed by atoms with van der Waals surface area (Å²) in [6, 6.07) is 0. The fourth-order valence-electron chi connectivity index (χ4n) is 7.16. The van der Waals surface area contributed by atoms with E-state index in [0.717, 1.165) is 116 Å². The van der Waals surface area contributed by atoms with Gasteiger partial charge in [0.2, 0.25) is 0 Å². The minimum Gasteiger partial charge on any atom is -0.462 e. The topological polar surface area (TPSA) is 61.8 Å². The third kappa shape index (κ3) is 51.5. The lowest BCUT2D eigenvalue weighted by Gasteiger charge is -2.18. The number of rotatable bonds is 48. The maximum atomic E-state index is 12.8. The molecule has 0 aliphatic carbocycles. The second kappa shape index (κ2) is 54.2. The van der Waals surface area contributed by atoms with Gasteiger partial charge in [-0.2, -0.15) is 0 Å². The van der Waals surface area contributed by atoms with Gasteiger partial charge in [0.05, 0.1) is 6.61 Å². The zero-order chi connectivity index (χ0) is 46.3. The van der Waals surface area contributed by atoms with Crippen LogP contribution in [0.25, 0.3) is 0 Å². The Morgan fingerprint density at radius 2 is 0.703 bits per heavy atom. The third-order valence-electron chi connectivity index (χ3n) is 11.1. The molecule has 0 aliphatic heterocycles. The van der Waals surface area contributed by atoms with Gasteiger partial charge in [0.25, 0.3) is 0 Å². The van der Waals surface area contributed by atoms with Crippen LogP contribution in [0.5, 0.6) is 0 Å². The largest absolute Gasteiger partial charge is 0.462 e. The quantitative estimate of drug-likeness (QED) is 0.0346. The summed E-state index contributed by atoms with van der Waals surface area (Å²) in [6.45, 7) is 7.51. The Bertz CT molecular complexity index is 1230. The molecule has 5 heteroatoms. The normalized spacial score (nSPS) is 13.0. The summed E-state index contributed by atoms with van der Waals surface area (Å²) in [5.41, 5.74) is 0. The minimum absolute atomic E-state index is 0.0586. The third-order valence-corrected chi connectivity index (χ3v) is 11.1. The standard InChI is InChI=1S/C59H100O5/c1-4-7-10-13-16-19-22-25-28-30-32-34-37-40-43-46-49-52-58(60)63-56-57(55-62-54-51-48-45-42-39-36-33-29-26-23-20-17-14-11-8-5-2)64-59(61)53-50-47-44-41-38-35-31-27-24-21-18-15-12-9-6-3/h8-9,11-12,17-18,20-21,25-29,31,36,39,57H,4-7,10,13-16,19,22-24,30,32-35,37-38,40-56H2,1-3H3/b11-8-,12-9-,20-17-,21-18-,28-25-,29-26-,31-27-,39-36-. The molecule has 0 aromatic carbocycles. The molecular formula is C59H100O5. The Hall–Kier alpha value is -3.18. The number of hydrogen-bond donors (Lipinski definition) is 0. The van der Waals surface area contributed by atoms with Crippen molar-refractivity contribution in [3.8, 4) is 0 Å². The van der Waals surface area contributed by atoms with E-state index in [4.69, 9.17) is 14.2 Å². The predicted molar refractivity (Wildman–Crippen MR) is 279 cm³/mol. The molecule has 1 unspecified atom stereocenters. The van der Waals surface area contributed by atoms with Crippen molar-refractivity contribution in [3.63, 3.8) is 0 Å². The molecule has 0 bridgehead atoms. The summed E-state index contributed by atoms with van der Waals surface area (Å²) in [6.07, 6.45) is 72.8. The van der Waals surface area contributed by atoms with Crippen molar-refractivity contribution in [1.29, 1.82) is 0 Å². The number of esters is 2. The number of ether oxygens (including phenoxy) is 3. The summed E-state index contributed by atoms with van der Waals surface area (Å²) in [4.78, 5) is 25.4. The lowest BCUT2D eigenvalue weighted by molar-refractivity contribution is -0.163. The molecular weight excluding hydrogens is 789 g/mol. The molecule has 0 aromatic heterocycles. The molecule has 0 rings (SSSR count). The van der Waals surface area contributed by atoms with E-state index in [1.807, 2.05) is 0 Å². The summed E-state index contributed by atoms with van der Waals surface area (Å²) < 4.78 is 17.4. The Balaban J connectivity index is 4.37. The van der Waals surface area contributed by atoms with Gasteiger partial charge in [-0.05, 0) is 116 Å². The van der Waals surface area contributed by atoms with Gasteiger partial charge in [-0.3, -0.25) is 9.59 Å². The first-order chi connectivity index (χ1) is 31.6. The van der Waals surface area contributed by atoms with Gasteiger partial charge in [-0.15, -0.1) is 0 Å². The van der Waals surface area contributed by atoms with Gasteiger partial charge in [0.1, 0.15) is 6.61 Å². The maximum absolute atomic E-state index is 12.8. The average molecular weight is 889 g/mol. The van der Waals surface area contributed by atoms with Crippen molar-refractivity contribution in [1.82, 2.24) is 0 Å². The fourth-order valence-corrected chi connectivity index (χ4v) is 7.16. The molecule has 0 heterocycles. The van der Waals surface area contributed by atoms with Crippen molar-refractivity contribution in [2.75, 3.05) is 19.8 Å². The van der Waals surface area contributed by atoms with Crippen molar-refractivity contribution in [2.45, 2.75) is 245 Å². The van der Waals surface area contributed by atoms with Crippen LogP contribution in [0.1, 0.15) is 239 Å². The first-order valence-electron chi connectivity index (χ1n) is 26.8. The first-order valence-corrected chi connectivity index (χ1v) is 26.8. The summed E-state index contributed by atoms with van der Waals surface area (Å²) >= 11 is 0. The zero-order valence-corrected chi connectivity index (χ0v) is 42.0. The molecule has 0 aliphatic rings. The van der Waals surface area contributed by atoms with Crippen molar-refractivity contribution in [3.05, 3.63) is 97.2 Å². The highest BCUT2D eigenvalue weighted by atomic mass is 16.6. The van der Waals surface area contributed by atoms with E-state index in [9.17, 15) is 9.59 Å². The lowest BCUT2D eigenvalue weighted by atomic mass is 10.1. The van der Waals surface area contributed by atoms with Crippen LogP contribution in [0.15, 0.2) is 97.2 Å². The molecule has 0 spiro atoms. The van der Waals surface area contributed by atoms with Crippen molar-refractivity contribution >= 4 is 11.9 Å². The predicted octanol–water partition coefficient (Wildman–Crippen LogP) is 18.2. The van der Waals surface area contributed by atoms with Gasteiger partial charge in [0, 0.05) is 19.4 Å². The Labute approximate surface area is 396 Å². The Morgan fingerprint density at radius 3 is 1.14 bits per heavy atom.